The topological polar surface area (TPSA) is 342 Å². The minimum atomic E-state index is -1.77. The van der Waals surface area contributed by atoms with Crippen molar-refractivity contribution in [3.8, 4) is 17.2 Å². The number of carboxylic acid groups (broad SMARTS) is 1. The fraction of sp³-hybridized carbons (Fsp3) is 0.474. The van der Waals surface area contributed by atoms with Crippen LogP contribution < -0.4 is 43.4 Å². The number of phenolic OH excluding ortho intramolecular Hbond substituents is 3. The van der Waals surface area contributed by atoms with Gasteiger partial charge in [-0.3, -0.25) is 38.4 Å². The molecule has 0 spiro atoms. The standard InChI is InChI=1S/C38H54N8O12/c1-17(2)31(37(57)41-16-27(39)50)46-38(58)32(18(3)4)45-35(55)24(15-28(51)52)44-34(54)23(12-21-10-8-7-9-11-21)43-33(53)20(6)42-36(56)30(40)19(5)29-25(48)13-22(47)14-26(29)49/h7-11,13-14,17-20,23-24,30-32,47-49H,12,15-16,40H2,1-6H3,(H2,39,50)(H,41,57)(H,42,56)(H,43,53)(H,44,54)(H,45,55)(H,46,58)(H,51,52)/t19-,20+,23-,24-,30+,31-,32-/m0/s1. The maximum absolute atomic E-state index is 13.8. The number of aromatic hydroxyl groups is 3. The number of carboxylic acids is 1. The highest BCUT2D eigenvalue weighted by molar-refractivity contribution is 5.98. The number of carbonyl (C=O) groups is 8. The third kappa shape index (κ3) is 14.3. The minimum Gasteiger partial charge on any atom is -0.508 e. The number of hydrogen-bond acceptors (Lipinski definition) is 12. The van der Waals surface area contributed by atoms with E-state index in [9.17, 15) is 58.8 Å². The first-order valence-corrected chi connectivity index (χ1v) is 18.4. The fourth-order valence-corrected chi connectivity index (χ4v) is 5.72. The molecule has 0 aliphatic rings. The van der Waals surface area contributed by atoms with Gasteiger partial charge in [-0.05, 0) is 24.3 Å². The van der Waals surface area contributed by atoms with Gasteiger partial charge < -0.3 is 63.8 Å². The lowest BCUT2D eigenvalue weighted by Crippen LogP contribution is -2.61. The van der Waals surface area contributed by atoms with E-state index < -0.39 is 132 Å². The van der Waals surface area contributed by atoms with Crippen LogP contribution in [0.1, 0.15) is 65.0 Å². The minimum absolute atomic E-state index is 0.123. The molecule has 2 aromatic rings. The summed E-state index contributed by atoms with van der Waals surface area (Å²) in [6.45, 7) is 8.65. The van der Waals surface area contributed by atoms with Crippen molar-refractivity contribution in [1.29, 1.82) is 0 Å². The van der Waals surface area contributed by atoms with Crippen LogP contribution >= 0.6 is 0 Å². The summed E-state index contributed by atoms with van der Waals surface area (Å²) in [5.41, 5.74) is 11.6. The van der Waals surface area contributed by atoms with Crippen LogP contribution in [0.25, 0.3) is 0 Å². The lowest BCUT2D eigenvalue weighted by molar-refractivity contribution is -0.141. The molecule has 20 nitrogen and oxygen atoms in total. The largest absolute Gasteiger partial charge is 0.508 e. The van der Waals surface area contributed by atoms with E-state index in [2.05, 4.69) is 31.9 Å². The van der Waals surface area contributed by atoms with Crippen LogP contribution in [0.15, 0.2) is 42.5 Å². The third-order valence-electron chi connectivity index (χ3n) is 9.03. The summed E-state index contributed by atoms with van der Waals surface area (Å²) in [5, 5.41) is 54.3. The molecule has 0 radical (unpaired) electrons. The van der Waals surface area contributed by atoms with Crippen molar-refractivity contribution in [2.75, 3.05) is 6.54 Å². The van der Waals surface area contributed by atoms with Crippen LogP contribution in [-0.2, 0) is 44.8 Å². The van der Waals surface area contributed by atoms with Crippen molar-refractivity contribution >= 4 is 47.3 Å². The fourth-order valence-electron chi connectivity index (χ4n) is 5.72. The van der Waals surface area contributed by atoms with E-state index in [0.717, 1.165) is 12.1 Å². The summed E-state index contributed by atoms with van der Waals surface area (Å²) in [4.78, 5) is 103. The normalized spacial score (nSPS) is 14.7. The molecule has 0 bridgehead atoms. The average molecular weight is 815 g/mol. The molecule has 14 N–H and O–H groups in total. The molecule has 0 aromatic heterocycles. The lowest BCUT2D eigenvalue weighted by atomic mass is 9.91. The first kappa shape index (κ1) is 47.7. The molecule has 7 amide bonds. The van der Waals surface area contributed by atoms with Crippen molar-refractivity contribution in [3.05, 3.63) is 53.6 Å². The quantitative estimate of drug-likeness (QED) is 0.0670. The highest BCUT2D eigenvalue weighted by atomic mass is 16.4. The van der Waals surface area contributed by atoms with E-state index in [4.69, 9.17) is 11.5 Å². The summed E-state index contributed by atoms with van der Waals surface area (Å²) in [6.07, 6.45) is -1.09. The summed E-state index contributed by atoms with van der Waals surface area (Å²) < 4.78 is 0. The summed E-state index contributed by atoms with van der Waals surface area (Å²) in [6, 6.07) is 1.85. The Balaban J connectivity index is 2.28. The molecule has 58 heavy (non-hydrogen) atoms. The highest BCUT2D eigenvalue weighted by Crippen LogP contribution is 2.38. The number of benzene rings is 2. The number of phenols is 3. The van der Waals surface area contributed by atoms with Gasteiger partial charge in [0.2, 0.25) is 41.4 Å². The molecule has 0 unspecified atom stereocenters. The molecule has 0 saturated carbocycles. The van der Waals surface area contributed by atoms with Crippen molar-refractivity contribution < 1.29 is 58.8 Å². The van der Waals surface area contributed by atoms with Gasteiger partial charge in [-0.15, -0.1) is 0 Å². The lowest BCUT2D eigenvalue weighted by Gasteiger charge is -2.29. The molecule has 20 heteroatoms. The van der Waals surface area contributed by atoms with E-state index >= 15 is 0 Å². The monoisotopic (exact) mass is 814 g/mol. The molecule has 0 fully saturated rings. The third-order valence-corrected chi connectivity index (χ3v) is 9.03. The smallest absolute Gasteiger partial charge is 0.305 e. The van der Waals surface area contributed by atoms with Crippen LogP contribution in [0.4, 0.5) is 0 Å². The number of nitrogens with two attached hydrogens (primary N) is 2. The molecule has 0 saturated heterocycles. The SMILES string of the molecule is CC(C)[C@H](NC(=O)[C@H](CC(=O)O)NC(=O)[C@H](Cc1ccccc1)NC(=O)[C@@H](C)NC(=O)[C@H](N)[C@@H](C)c1c(O)cc(O)cc1O)C(=O)N[C@H](C(=O)NCC(N)=O)C(C)C. The van der Waals surface area contributed by atoms with Gasteiger partial charge in [-0.2, -0.15) is 0 Å². The zero-order valence-electron chi connectivity index (χ0n) is 33.1. The molecular formula is C38H54N8O12. The van der Waals surface area contributed by atoms with E-state index in [0.29, 0.717) is 5.56 Å². The van der Waals surface area contributed by atoms with E-state index in [-0.39, 0.29) is 12.0 Å². The maximum atomic E-state index is 13.8. The molecule has 2 aromatic carbocycles. The molecule has 0 aliphatic heterocycles. The Kier molecular flexibility index (Phi) is 17.9. The van der Waals surface area contributed by atoms with Crippen LogP contribution in [0.3, 0.4) is 0 Å². The van der Waals surface area contributed by atoms with Crippen molar-refractivity contribution in [3.63, 3.8) is 0 Å². The van der Waals surface area contributed by atoms with Crippen LogP contribution in [0, 0.1) is 11.8 Å². The van der Waals surface area contributed by atoms with E-state index in [1.165, 1.54) is 13.8 Å². The van der Waals surface area contributed by atoms with E-state index in [1.807, 2.05) is 0 Å². The van der Waals surface area contributed by atoms with Crippen LogP contribution in [-0.4, -0.2) is 111 Å². The molecule has 7 atom stereocenters. The predicted octanol–water partition coefficient (Wildman–Crippen LogP) is -1.69. The Morgan fingerprint density at radius 3 is 1.66 bits per heavy atom. The predicted molar refractivity (Wildman–Crippen MR) is 207 cm³/mol. The van der Waals surface area contributed by atoms with Crippen LogP contribution in [0.5, 0.6) is 17.2 Å². The molecular weight excluding hydrogens is 760 g/mol. The van der Waals surface area contributed by atoms with Gasteiger partial charge in [0.15, 0.2) is 0 Å². The summed E-state index contributed by atoms with van der Waals surface area (Å²) in [5.74, 6) is -11.2. The molecule has 0 aliphatic carbocycles. The van der Waals surface area contributed by atoms with Crippen molar-refractivity contribution in [2.24, 2.45) is 23.3 Å². The Hall–Kier alpha value is -6.44. The van der Waals surface area contributed by atoms with Crippen molar-refractivity contribution in [2.45, 2.75) is 96.6 Å². The Bertz CT molecular complexity index is 1800. The van der Waals surface area contributed by atoms with Gasteiger partial charge >= 0.3 is 5.97 Å². The van der Waals surface area contributed by atoms with Gasteiger partial charge in [0, 0.05) is 30.0 Å². The van der Waals surface area contributed by atoms with Gasteiger partial charge in [0.1, 0.15) is 47.5 Å². The van der Waals surface area contributed by atoms with Gasteiger partial charge in [-0.25, -0.2) is 0 Å². The number of rotatable bonds is 21. The zero-order chi connectivity index (χ0) is 44.0. The molecule has 0 heterocycles. The van der Waals surface area contributed by atoms with Gasteiger partial charge in [-0.1, -0.05) is 65.0 Å². The van der Waals surface area contributed by atoms with Crippen LogP contribution in [0.2, 0.25) is 0 Å². The number of carbonyl (C=O) groups excluding carboxylic acids is 7. The van der Waals surface area contributed by atoms with Gasteiger partial charge in [0.25, 0.3) is 0 Å². The molecule has 2 rings (SSSR count). The highest BCUT2D eigenvalue weighted by Gasteiger charge is 2.35. The zero-order valence-corrected chi connectivity index (χ0v) is 33.1. The maximum Gasteiger partial charge on any atom is 0.305 e. The first-order valence-electron chi connectivity index (χ1n) is 18.4. The Morgan fingerprint density at radius 2 is 1.14 bits per heavy atom. The van der Waals surface area contributed by atoms with E-state index in [1.54, 1.807) is 58.0 Å². The van der Waals surface area contributed by atoms with Crippen molar-refractivity contribution in [1.82, 2.24) is 31.9 Å². The summed E-state index contributed by atoms with van der Waals surface area (Å²) in [7, 11) is 0. The Labute approximate surface area is 334 Å². The number of primary amides is 1. The number of hydrogen-bond donors (Lipinski definition) is 12. The average Bonchev–Trinajstić information content (AvgIpc) is 3.13. The second kappa shape index (κ2) is 21.8. The Morgan fingerprint density at radius 1 is 0.638 bits per heavy atom. The molecule has 318 valence electrons. The summed E-state index contributed by atoms with van der Waals surface area (Å²) >= 11 is 0. The number of nitrogens with one attached hydrogen (secondary N) is 6. The first-order chi connectivity index (χ1) is 27.0. The van der Waals surface area contributed by atoms with Gasteiger partial charge in [0.05, 0.1) is 19.0 Å². The second-order valence-electron chi connectivity index (χ2n) is 14.5. The number of amides is 7. The second-order valence-corrected chi connectivity index (χ2v) is 14.5. The number of aliphatic carboxylic acids is 1.